The summed E-state index contributed by atoms with van der Waals surface area (Å²) in [4.78, 5) is 11.3. The number of halogens is 3. The Bertz CT molecular complexity index is 889. The fourth-order valence-corrected chi connectivity index (χ4v) is 2.63. The van der Waals surface area contributed by atoms with Crippen LogP contribution in [0.4, 0.5) is 0 Å². The summed E-state index contributed by atoms with van der Waals surface area (Å²) in [5.41, 5.74) is 1.73. The van der Waals surface area contributed by atoms with Crippen LogP contribution in [0, 0.1) is 0 Å². The first-order valence-electron chi connectivity index (χ1n) is 6.50. The van der Waals surface area contributed by atoms with Crippen LogP contribution in [-0.4, -0.2) is 20.9 Å². The van der Waals surface area contributed by atoms with Gasteiger partial charge >= 0.3 is 5.97 Å². The summed E-state index contributed by atoms with van der Waals surface area (Å²) in [6.45, 7) is 0. The maximum Gasteiger partial charge on any atom is 0.356 e. The van der Waals surface area contributed by atoms with Gasteiger partial charge < -0.3 is 5.11 Å². The van der Waals surface area contributed by atoms with Crippen molar-refractivity contribution in [3.8, 4) is 16.9 Å². The molecule has 7 heteroatoms. The highest BCUT2D eigenvalue weighted by molar-refractivity contribution is 6.34. The van der Waals surface area contributed by atoms with Gasteiger partial charge in [-0.3, -0.25) is 0 Å². The molecule has 0 atom stereocenters. The molecule has 0 aliphatic heterocycles. The van der Waals surface area contributed by atoms with E-state index in [4.69, 9.17) is 34.8 Å². The first kappa shape index (κ1) is 15.9. The smallest absolute Gasteiger partial charge is 0.356 e. The average Bonchev–Trinajstić information content (AvgIpc) is 2.96. The van der Waals surface area contributed by atoms with Gasteiger partial charge in [-0.05, 0) is 36.4 Å². The fourth-order valence-electron chi connectivity index (χ4n) is 2.14. The molecule has 0 amide bonds. The van der Waals surface area contributed by atoms with Crippen molar-refractivity contribution < 1.29 is 9.90 Å². The molecule has 0 aliphatic rings. The second kappa shape index (κ2) is 6.24. The van der Waals surface area contributed by atoms with Gasteiger partial charge in [0.1, 0.15) is 0 Å². The van der Waals surface area contributed by atoms with Crippen molar-refractivity contribution in [2.45, 2.75) is 0 Å². The van der Waals surface area contributed by atoms with Crippen LogP contribution in [0.2, 0.25) is 15.1 Å². The molecule has 2 aromatic carbocycles. The maximum absolute atomic E-state index is 11.3. The maximum atomic E-state index is 11.3. The molecule has 1 N–H and O–H groups in total. The Balaban J connectivity index is 2.25. The number of hydrogen-bond acceptors (Lipinski definition) is 2. The zero-order chi connectivity index (χ0) is 16.6. The molecule has 0 radical (unpaired) electrons. The normalized spacial score (nSPS) is 10.7. The van der Waals surface area contributed by atoms with Crippen LogP contribution >= 0.6 is 34.8 Å². The van der Waals surface area contributed by atoms with E-state index < -0.39 is 5.97 Å². The minimum atomic E-state index is -1.13. The second-order valence-electron chi connectivity index (χ2n) is 4.73. The number of carboxylic acid groups (broad SMARTS) is 1. The van der Waals surface area contributed by atoms with Crippen molar-refractivity contribution in [3.63, 3.8) is 0 Å². The SMILES string of the molecule is O=C(O)c1cc(-c2ccc(Cl)cc2)n(-c2cc(Cl)ccc2Cl)n1. The molecule has 0 saturated heterocycles. The summed E-state index contributed by atoms with van der Waals surface area (Å²) in [5, 5.41) is 14.8. The molecule has 116 valence electrons. The molecule has 1 aromatic heterocycles. The van der Waals surface area contributed by atoms with Crippen LogP contribution in [0.3, 0.4) is 0 Å². The van der Waals surface area contributed by atoms with E-state index in [0.717, 1.165) is 5.56 Å². The van der Waals surface area contributed by atoms with Crippen molar-refractivity contribution in [3.05, 3.63) is 69.3 Å². The Morgan fingerprint density at radius 1 is 0.957 bits per heavy atom. The minimum Gasteiger partial charge on any atom is -0.476 e. The van der Waals surface area contributed by atoms with E-state index in [2.05, 4.69) is 5.10 Å². The minimum absolute atomic E-state index is 0.0917. The third-order valence-corrected chi connectivity index (χ3v) is 4.01. The number of hydrogen-bond donors (Lipinski definition) is 1. The lowest BCUT2D eigenvalue weighted by Gasteiger charge is -2.10. The Kier molecular flexibility index (Phi) is 4.31. The summed E-state index contributed by atoms with van der Waals surface area (Å²) < 4.78 is 1.46. The van der Waals surface area contributed by atoms with Gasteiger partial charge in [0, 0.05) is 15.6 Å². The fraction of sp³-hybridized carbons (Fsp3) is 0. The Morgan fingerprint density at radius 3 is 2.26 bits per heavy atom. The molecule has 0 fully saturated rings. The largest absolute Gasteiger partial charge is 0.476 e. The predicted octanol–water partition coefficient (Wildman–Crippen LogP) is 5.20. The molecule has 0 aliphatic carbocycles. The zero-order valence-electron chi connectivity index (χ0n) is 11.5. The summed E-state index contributed by atoms with van der Waals surface area (Å²) in [6, 6.07) is 13.4. The third-order valence-electron chi connectivity index (χ3n) is 3.20. The number of benzene rings is 2. The quantitative estimate of drug-likeness (QED) is 0.692. The van der Waals surface area contributed by atoms with Crippen molar-refractivity contribution in [2.24, 2.45) is 0 Å². The Hall–Kier alpha value is -2.01. The zero-order valence-corrected chi connectivity index (χ0v) is 13.8. The van der Waals surface area contributed by atoms with Crippen LogP contribution in [0.1, 0.15) is 10.5 Å². The lowest BCUT2D eigenvalue weighted by Crippen LogP contribution is -2.03. The van der Waals surface area contributed by atoms with Crippen LogP contribution in [-0.2, 0) is 0 Å². The first-order valence-corrected chi connectivity index (χ1v) is 7.64. The van der Waals surface area contributed by atoms with Crippen molar-refractivity contribution in [1.29, 1.82) is 0 Å². The molecular formula is C16H9Cl3N2O2. The lowest BCUT2D eigenvalue weighted by atomic mass is 10.1. The lowest BCUT2D eigenvalue weighted by molar-refractivity contribution is 0.0690. The number of aromatic carboxylic acids is 1. The van der Waals surface area contributed by atoms with Crippen LogP contribution in [0.5, 0.6) is 0 Å². The molecule has 0 spiro atoms. The van der Waals surface area contributed by atoms with Gasteiger partial charge in [0.25, 0.3) is 0 Å². The van der Waals surface area contributed by atoms with E-state index in [9.17, 15) is 9.90 Å². The van der Waals surface area contributed by atoms with E-state index in [0.29, 0.717) is 26.4 Å². The molecule has 4 nitrogen and oxygen atoms in total. The molecule has 3 rings (SSSR count). The highest BCUT2D eigenvalue weighted by Crippen LogP contribution is 2.30. The van der Waals surface area contributed by atoms with E-state index >= 15 is 0 Å². The van der Waals surface area contributed by atoms with Crippen molar-refractivity contribution >= 4 is 40.8 Å². The third kappa shape index (κ3) is 3.20. The molecule has 1 heterocycles. The number of rotatable bonds is 3. The number of carboxylic acids is 1. The number of nitrogens with zero attached hydrogens (tertiary/aromatic N) is 2. The van der Waals surface area contributed by atoms with Gasteiger partial charge in [-0.15, -0.1) is 0 Å². The summed E-state index contributed by atoms with van der Waals surface area (Å²) >= 11 is 18.1. The van der Waals surface area contributed by atoms with Gasteiger partial charge in [-0.1, -0.05) is 46.9 Å². The van der Waals surface area contributed by atoms with E-state index in [1.54, 1.807) is 42.5 Å². The monoisotopic (exact) mass is 366 g/mol. The Morgan fingerprint density at radius 2 is 1.61 bits per heavy atom. The number of aromatic nitrogens is 2. The molecule has 23 heavy (non-hydrogen) atoms. The molecule has 0 unspecified atom stereocenters. The molecule has 0 bridgehead atoms. The second-order valence-corrected chi connectivity index (χ2v) is 6.01. The highest BCUT2D eigenvalue weighted by Gasteiger charge is 2.17. The Labute approximate surface area is 146 Å². The van der Waals surface area contributed by atoms with Gasteiger partial charge in [0.2, 0.25) is 0 Å². The van der Waals surface area contributed by atoms with Gasteiger partial charge in [-0.2, -0.15) is 5.10 Å². The highest BCUT2D eigenvalue weighted by atomic mass is 35.5. The van der Waals surface area contributed by atoms with Gasteiger partial charge in [-0.25, -0.2) is 9.48 Å². The topological polar surface area (TPSA) is 55.1 Å². The van der Waals surface area contributed by atoms with Gasteiger partial charge in [0.15, 0.2) is 5.69 Å². The average molecular weight is 368 g/mol. The molecule has 0 saturated carbocycles. The molecular weight excluding hydrogens is 359 g/mol. The first-order chi connectivity index (χ1) is 11.0. The van der Waals surface area contributed by atoms with E-state index in [-0.39, 0.29) is 5.69 Å². The predicted molar refractivity (Wildman–Crippen MR) is 91.0 cm³/mol. The standard InChI is InChI=1S/C16H9Cl3N2O2/c17-10-3-1-9(2-4-10)14-8-13(16(22)23)20-21(14)15-7-11(18)5-6-12(15)19/h1-8H,(H,22,23). The van der Waals surface area contributed by atoms with Crippen molar-refractivity contribution in [1.82, 2.24) is 9.78 Å². The molecule has 3 aromatic rings. The van der Waals surface area contributed by atoms with Crippen molar-refractivity contribution in [2.75, 3.05) is 0 Å². The van der Waals surface area contributed by atoms with Crippen LogP contribution < -0.4 is 0 Å². The van der Waals surface area contributed by atoms with E-state index in [1.165, 1.54) is 10.7 Å². The summed E-state index contributed by atoms with van der Waals surface area (Å²) in [5.74, 6) is -1.13. The van der Waals surface area contributed by atoms with Gasteiger partial charge in [0.05, 0.1) is 16.4 Å². The summed E-state index contributed by atoms with van der Waals surface area (Å²) in [6.07, 6.45) is 0. The number of carbonyl (C=O) groups is 1. The van der Waals surface area contributed by atoms with Crippen LogP contribution in [0.15, 0.2) is 48.5 Å². The van der Waals surface area contributed by atoms with Crippen LogP contribution in [0.25, 0.3) is 16.9 Å². The summed E-state index contributed by atoms with van der Waals surface area (Å²) in [7, 11) is 0. The van der Waals surface area contributed by atoms with E-state index in [1.807, 2.05) is 0 Å².